The Labute approximate surface area is 97.9 Å². The van der Waals surface area contributed by atoms with Crippen molar-refractivity contribution >= 4 is 11.6 Å². The van der Waals surface area contributed by atoms with Gasteiger partial charge in [0.25, 0.3) is 0 Å². The quantitative estimate of drug-likeness (QED) is 0.777. The molecule has 90 valence electrons. The number of nitrogens with zero attached hydrogens (tertiary/aromatic N) is 2. The first-order valence-corrected chi connectivity index (χ1v) is 5.91. The molecule has 0 atom stereocenters. The van der Waals surface area contributed by atoms with Gasteiger partial charge in [-0.3, -0.25) is 4.98 Å². The fourth-order valence-corrected chi connectivity index (χ4v) is 1.20. The average Bonchev–Trinajstić information content (AvgIpc) is 2.26. The molecular formula is C12H22N4. The summed E-state index contributed by atoms with van der Waals surface area (Å²) >= 11 is 0. The molecule has 0 saturated carbocycles. The first-order valence-electron chi connectivity index (χ1n) is 5.91. The van der Waals surface area contributed by atoms with E-state index in [0.29, 0.717) is 0 Å². The van der Waals surface area contributed by atoms with E-state index in [1.54, 1.807) is 12.4 Å². The van der Waals surface area contributed by atoms with Gasteiger partial charge < -0.3 is 10.6 Å². The molecule has 0 spiro atoms. The number of anilines is 2. The topological polar surface area (TPSA) is 49.8 Å². The van der Waals surface area contributed by atoms with Gasteiger partial charge in [-0.15, -0.1) is 0 Å². The van der Waals surface area contributed by atoms with E-state index in [-0.39, 0.29) is 5.54 Å². The molecule has 0 aromatic carbocycles. The number of aromatic nitrogens is 2. The number of rotatable bonds is 6. The molecule has 0 unspecified atom stereocenters. The Hall–Kier alpha value is -1.32. The summed E-state index contributed by atoms with van der Waals surface area (Å²) in [5.74, 6) is 1.66. The van der Waals surface area contributed by atoms with Crippen LogP contribution < -0.4 is 10.6 Å². The van der Waals surface area contributed by atoms with E-state index in [2.05, 4.69) is 48.3 Å². The maximum Gasteiger partial charge on any atom is 0.147 e. The number of hydrogen-bond donors (Lipinski definition) is 2. The molecule has 0 aliphatic heterocycles. The van der Waals surface area contributed by atoms with Crippen LogP contribution in [0.4, 0.5) is 11.6 Å². The number of hydrogen-bond acceptors (Lipinski definition) is 4. The van der Waals surface area contributed by atoms with Gasteiger partial charge in [-0.25, -0.2) is 4.98 Å². The molecule has 0 radical (unpaired) electrons. The van der Waals surface area contributed by atoms with Gasteiger partial charge in [0.05, 0.1) is 12.4 Å². The predicted octanol–water partition coefficient (Wildman–Crippen LogP) is 2.90. The highest BCUT2D eigenvalue weighted by molar-refractivity contribution is 5.42. The van der Waals surface area contributed by atoms with Crippen molar-refractivity contribution < 1.29 is 0 Å². The van der Waals surface area contributed by atoms with Gasteiger partial charge in [0.1, 0.15) is 11.6 Å². The van der Waals surface area contributed by atoms with E-state index >= 15 is 0 Å². The van der Waals surface area contributed by atoms with Crippen LogP contribution in [0.1, 0.15) is 40.5 Å². The van der Waals surface area contributed by atoms with Crippen LogP contribution >= 0.6 is 0 Å². The molecule has 0 amide bonds. The summed E-state index contributed by atoms with van der Waals surface area (Å²) in [5.41, 5.74) is 0.0536. The standard InChI is InChI=1S/C12H22N4/c1-5-7-14-10-8-13-9-11(15-10)16-12(3,4)6-2/h8-9H,5-7H2,1-4H3,(H2,14,15,16). The summed E-state index contributed by atoms with van der Waals surface area (Å²) < 4.78 is 0. The van der Waals surface area contributed by atoms with Crippen LogP contribution in [0, 0.1) is 0 Å². The first kappa shape index (κ1) is 12.7. The molecule has 1 heterocycles. The molecule has 2 N–H and O–H groups in total. The van der Waals surface area contributed by atoms with E-state index in [9.17, 15) is 0 Å². The van der Waals surface area contributed by atoms with Crippen molar-refractivity contribution in [2.45, 2.75) is 46.1 Å². The summed E-state index contributed by atoms with van der Waals surface area (Å²) in [6.07, 6.45) is 5.63. The van der Waals surface area contributed by atoms with Crippen LogP contribution in [0.5, 0.6) is 0 Å². The lowest BCUT2D eigenvalue weighted by molar-refractivity contribution is 0.544. The lowest BCUT2D eigenvalue weighted by atomic mass is 10.0. The van der Waals surface area contributed by atoms with E-state index < -0.39 is 0 Å². The smallest absolute Gasteiger partial charge is 0.147 e. The number of nitrogens with one attached hydrogen (secondary N) is 2. The molecule has 0 aliphatic rings. The Kier molecular flexibility index (Phi) is 4.52. The van der Waals surface area contributed by atoms with Gasteiger partial charge in [0, 0.05) is 12.1 Å². The maximum atomic E-state index is 4.46. The maximum absolute atomic E-state index is 4.46. The van der Waals surface area contributed by atoms with E-state index in [4.69, 9.17) is 0 Å². The second-order valence-electron chi connectivity index (χ2n) is 4.58. The van der Waals surface area contributed by atoms with Crippen molar-refractivity contribution in [3.8, 4) is 0 Å². The lowest BCUT2D eigenvalue weighted by Gasteiger charge is -2.25. The normalized spacial score (nSPS) is 11.2. The summed E-state index contributed by atoms with van der Waals surface area (Å²) in [4.78, 5) is 8.63. The second-order valence-corrected chi connectivity index (χ2v) is 4.58. The van der Waals surface area contributed by atoms with Crippen LogP contribution in [0.3, 0.4) is 0 Å². The van der Waals surface area contributed by atoms with E-state index in [0.717, 1.165) is 31.0 Å². The summed E-state index contributed by atoms with van der Waals surface area (Å²) in [7, 11) is 0. The highest BCUT2D eigenvalue weighted by Gasteiger charge is 2.14. The Bertz CT molecular complexity index is 323. The molecule has 0 aliphatic carbocycles. The fourth-order valence-electron chi connectivity index (χ4n) is 1.20. The highest BCUT2D eigenvalue weighted by atomic mass is 15.1. The van der Waals surface area contributed by atoms with Crippen LogP contribution in [0.25, 0.3) is 0 Å². The third-order valence-corrected chi connectivity index (χ3v) is 2.54. The van der Waals surface area contributed by atoms with Crippen LogP contribution in [-0.4, -0.2) is 22.1 Å². The molecule has 16 heavy (non-hydrogen) atoms. The molecule has 1 rings (SSSR count). The van der Waals surface area contributed by atoms with Gasteiger partial charge >= 0.3 is 0 Å². The Balaban J connectivity index is 2.67. The van der Waals surface area contributed by atoms with Crippen molar-refractivity contribution in [1.82, 2.24) is 9.97 Å². The van der Waals surface area contributed by atoms with Crippen LogP contribution in [-0.2, 0) is 0 Å². The molecule has 0 saturated heterocycles. The molecule has 0 bridgehead atoms. The molecule has 4 nitrogen and oxygen atoms in total. The lowest BCUT2D eigenvalue weighted by Crippen LogP contribution is -2.30. The average molecular weight is 222 g/mol. The summed E-state index contributed by atoms with van der Waals surface area (Å²) in [5, 5.41) is 6.60. The van der Waals surface area contributed by atoms with Gasteiger partial charge in [-0.2, -0.15) is 0 Å². The van der Waals surface area contributed by atoms with E-state index in [1.807, 2.05) is 0 Å². The zero-order valence-corrected chi connectivity index (χ0v) is 10.7. The van der Waals surface area contributed by atoms with E-state index in [1.165, 1.54) is 0 Å². The van der Waals surface area contributed by atoms with Crippen molar-refractivity contribution in [2.24, 2.45) is 0 Å². The largest absolute Gasteiger partial charge is 0.369 e. The van der Waals surface area contributed by atoms with Crippen molar-refractivity contribution in [1.29, 1.82) is 0 Å². The third-order valence-electron chi connectivity index (χ3n) is 2.54. The van der Waals surface area contributed by atoms with Crippen molar-refractivity contribution in [3.63, 3.8) is 0 Å². The van der Waals surface area contributed by atoms with Gasteiger partial charge in [0.15, 0.2) is 0 Å². The highest BCUT2D eigenvalue weighted by Crippen LogP contribution is 2.16. The second kappa shape index (κ2) is 5.68. The van der Waals surface area contributed by atoms with Crippen molar-refractivity contribution in [2.75, 3.05) is 17.2 Å². The minimum atomic E-state index is 0.0536. The Morgan fingerprint density at radius 3 is 2.50 bits per heavy atom. The Morgan fingerprint density at radius 2 is 1.88 bits per heavy atom. The fraction of sp³-hybridized carbons (Fsp3) is 0.667. The van der Waals surface area contributed by atoms with Crippen molar-refractivity contribution in [3.05, 3.63) is 12.4 Å². The summed E-state index contributed by atoms with van der Waals surface area (Å²) in [6, 6.07) is 0. The molecule has 1 aromatic rings. The SMILES string of the molecule is CCCNc1cncc(NC(C)(C)CC)n1. The predicted molar refractivity (Wildman–Crippen MR) is 68.8 cm³/mol. The zero-order chi connectivity index (χ0) is 12.0. The van der Waals surface area contributed by atoms with Crippen LogP contribution in [0.2, 0.25) is 0 Å². The first-order chi connectivity index (χ1) is 7.57. The third kappa shape index (κ3) is 4.04. The zero-order valence-electron chi connectivity index (χ0n) is 10.7. The van der Waals surface area contributed by atoms with Gasteiger partial charge in [-0.05, 0) is 26.7 Å². The van der Waals surface area contributed by atoms with Gasteiger partial charge in [-0.1, -0.05) is 13.8 Å². The minimum absolute atomic E-state index is 0.0536. The Morgan fingerprint density at radius 1 is 1.19 bits per heavy atom. The molecule has 4 heteroatoms. The molecule has 1 aromatic heterocycles. The summed E-state index contributed by atoms with van der Waals surface area (Å²) in [6.45, 7) is 9.51. The molecular weight excluding hydrogens is 200 g/mol. The van der Waals surface area contributed by atoms with Gasteiger partial charge in [0.2, 0.25) is 0 Å². The molecule has 0 fully saturated rings. The minimum Gasteiger partial charge on any atom is -0.369 e. The van der Waals surface area contributed by atoms with Crippen LogP contribution in [0.15, 0.2) is 12.4 Å². The monoisotopic (exact) mass is 222 g/mol.